The van der Waals surface area contributed by atoms with Gasteiger partial charge in [-0.1, -0.05) is 0 Å². The Kier molecular flexibility index (Phi) is 4.10. The second-order valence-electron chi connectivity index (χ2n) is 5.63. The summed E-state index contributed by atoms with van der Waals surface area (Å²) >= 11 is 0. The molecule has 1 aromatic carbocycles. The average Bonchev–Trinajstić information content (AvgIpc) is 3.10. The maximum absolute atomic E-state index is 12.5. The van der Waals surface area contributed by atoms with Crippen LogP contribution in [0.15, 0.2) is 41.4 Å². The van der Waals surface area contributed by atoms with E-state index in [0.717, 1.165) is 18.9 Å². The lowest BCUT2D eigenvalue weighted by Crippen LogP contribution is -2.36. The Morgan fingerprint density at radius 1 is 1.04 bits per heavy atom. The molecule has 1 N–H and O–H groups in total. The van der Waals surface area contributed by atoms with Gasteiger partial charge in [0, 0.05) is 19.2 Å². The Bertz CT molecular complexity index is 864. The Hall–Kier alpha value is -2.52. The van der Waals surface area contributed by atoms with Crippen molar-refractivity contribution in [3.63, 3.8) is 0 Å². The lowest BCUT2D eigenvalue weighted by molar-refractivity contribution is 0.122. The molecule has 0 amide bonds. The van der Waals surface area contributed by atoms with Gasteiger partial charge in [0.1, 0.15) is 5.82 Å². The molecule has 2 aromatic rings. The summed E-state index contributed by atoms with van der Waals surface area (Å²) in [5.74, 6) is 1.76. The smallest absolute Gasteiger partial charge is 0.262 e. The summed E-state index contributed by atoms with van der Waals surface area (Å²) in [5.41, 5.74) is 0.398. The van der Waals surface area contributed by atoms with E-state index < -0.39 is 10.0 Å². The molecule has 0 aliphatic carbocycles. The molecule has 25 heavy (non-hydrogen) atoms. The monoisotopic (exact) mass is 363 g/mol. The first-order valence-corrected chi connectivity index (χ1v) is 9.31. The van der Waals surface area contributed by atoms with Crippen molar-refractivity contribution in [1.29, 1.82) is 0 Å². The van der Waals surface area contributed by atoms with Crippen LogP contribution in [-0.2, 0) is 14.8 Å². The Labute approximate surface area is 145 Å². The summed E-state index contributed by atoms with van der Waals surface area (Å²) < 4.78 is 43.3. The third-order valence-electron chi connectivity index (χ3n) is 3.99. The van der Waals surface area contributed by atoms with Crippen LogP contribution < -0.4 is 19.1 Å². The maximum Gasteiger partial charge on any atom is 0.262 e. The van der Waals surface area contributed by atoms with Gasteiger partial charge in [-0.15, -0.1) is 0 Å². The van der Waals surface area contributed by atoms with Crippen LogP contribution in [0.4, 0.5) is 11.5 Å². The fraction of sp³-hybridized carbons (Fsp3) is 0.312. The molecule has 2 aliphatic heterocycles. The maximum atomic E-state index is 12.5. The third-order valence-corrected chi connectivity index (χ3v) is 5.37. The fourth-order valence-electron chi connectivity index (χ4n) is 2.68. The Balaban J connectivity index is 1.50. The number of fused-ring (bicyclic) bond motifs is 1. The number of nitrogens with one attached hydrogen (secondary N) is 1. The molecular weight excluding hydrogens is 346 g/mol. The van der Waals surface area contributed by atoms with Crippen LogP contribution in [0.5, 0.6) is 11.5 Å². The number of hydrogen-bond acceptors (Lipinski definition) is 7. The van der Waals surface area contributed by atoms with E-state index >= 15 is 0 Å². The molecule has 0 unspecified atom stereocenters. The van der Waals surface area contributed by atoms with E-state index in [1.807, 2.05) is 0 Å². The number of hydrogen-bond donors (Lipinski definition) is 1. The normalized spacial score (nSPS) is 16.7. The molecular formula is C16H17N3O5S. The van der Waals surface area contributed by atoms with Gasteiger partial charge in [-0.25, -0.2) is 13.4 Å². The summed E-state index contributed by atoms with van der Waals surface area (Å²) in [7, 11) is -3.73. The van der Waals surface area contributed by atoms with Crippen LogP contribution in [0.2, 0.25) is 0 Å². The standard InChI is InChI=1S/C16H17N3O5S/c20-25(21,13-2-3-14-15(9-13)24-11-23-14)18-12-1-4-16(17-10-12)19-5-7-22-8-6-19/h1-4,9-10,18H,5-8,11H2. The molecule has 2 aliphatic rings. The van der Waals surface area contributed by atoms with Crippen molar-refractivity contribution in [2.75, 3.05) is 42.7 Å². The SMILES string of the molecule is O=S(=O)(Nc1ccc(N2CCOCC2)nc1)c1ccc2c(c1)OCO2. The molecule has 1 fully saturated rings. The number of pyridine rings is 1. The first kappa shape index (κ1) is 16.0. The summed E-state index contributed by atoms with van der Waals surface area (Å²) in [6, 6.07) is 7.99. The number of anilines is 2. The summed E-state index contributed by atoms with van der Waals surface area (Å²) in [5, 5.41) is 0. The van der Waals surface area contributed by atoms with Gasteiger partial charge in [0.2, 0.25) is 6.79 Å². The molecule has 0 bridgehead atoms. The van der Waals surface area contributed by atoms with Crippen molar-refractivity contribution in [3.05, 3.63) is 36.5 Å². The van der Waals surface area contributed by atoms with E-state index in [4.69, 9.17) is 14.2 Å². The van der Waals surface area contributed by atoms with Crippen LogP contribution in [-0.4, -0.2) is 46.5 Å². The third kappa shape index (κ3) is 3.33. The Morgan fingerprint density at radius 3 is 2.60 bits per heavy atom. The predicted octanol–water partition coefficient (Wildman–Crippen LogP) is 1.45. The second kappa shape index (κ2) is 6.41. The molecule has 1 saturated heterocycles. The molecule has 0 radical (unpaired) electrons. The highest BCUT2D eigenvalue weighted by atomic mass is 32.2. The van der Waals surface area contributed by atoms with Gasteiger partial charge in [0.25, 0.3) is 10.0 Å². The van der Waals surface area contributed by atoms with Crippen molar-refractivity contribution in [3.8, 4) is 11.5 Å². The lowest BCUT2D eigenvalue weighted by Gasteiger charge is -2.27. The number of rotatable bonds is 4. The molecule has 9 heteroatoms. The van der Waals surface area contributed by atoms with Crippen molar-refractivity contribution >= 4 is 21.5 Å². The number of nitrogens with zero attached hydrogens (tertiary/aromatic N) is 2. The number of sulfonamides is 1. The zero-order chi connectivity index (χ0) is 17.3. The Morgan fingerprint density at radius 2 is 1.84 bits per heavy atom. The summed E-state index contributed by atoms with van der Waals surface area (Å²) in [6.45, 7) is 2.98. The molecule has 4 rings (SSSR count). The second-order valence-corrected chi connectivity index (χ2v) is 7.31. The van der Waals surface area contributed by atoms with Gasteiger partial charge < -0.3 is 19.1 Å². The molecule has 132 valence electrons. The van der Waals surface area contributed by atoms with Crippen LogP contribution in [0.3, 0.4) is 0 Å². The number of aromatic nitrogens is 1. The molecule has 0 atom stereocenters. The van der Waals surface area contributed by atoms with Crippen molar-refractivity contribution in [2.45, 2.75) is 4.90 Å². The first-order chi connectivity index (χ1) is 12.1. The zero-order valence-corrected chi connectivity index (χ0v) is 14.2. The van der Waals surface area contributed by atoms with Gasteiger partial charge >= 0.3 is 0 Å². The fourth-order valence-corrected chi connectivity index (χ4v) is 3.74. The number of morpholine rings is 1. The van der Waals surface area contributed by atoms with Gasteiger partial charge in [-0.05, 0) is 24.3 Å². The number of benzene rings is 1. The van der Waals surface area contributed by atoms with Gasteiger partial charge in [0.05, 0.1) is 30.0 Å². The topological polar surface area (TPSA) is 90.0 Å². The van der Waals surface area contributed by atoms with Crippen LogP contribution >= 0.6 is 0 Å². The minimum atomic E-state index is -3.73. The van der Waals surface area contributed by atoms with E-state index in [1.54, 1.807) is 18.2 Å². The predicted molar refractivity (Wildman–Crippen MR) is 90.6 cm³/mol. The highest BCUT2D eigenvalue weighted by Gasteiger charge is 2.20. The van der Waals surface area contributed by atoms with Crippen LogP contribution in [0.1, 0.15) is 0 Å². The molecule has 8 nitrogen and oxygen atoms in total. The van der Waals surface area contributed by atoms with Crippen LogP contribution in [0.25, 0.3) is 0 Å². The first-order valence-electron chi connectivity index (χ1n) is 7.83. The van der Waals surface area contributed by atoms with E-state index in [2.05, 4.69) is 14.6 Å². The van der Waals surface area contributed by atoms with Crippen molar-refractivity contribution < 1.29 is 22.6 Å². The minimum Gasteiger partial charge on any atom is -0.454 e. The van der Waals surface area contributed by atoms with E-state index in [9.17, 15) is 8.42 Å². The largest absolute Gasteiger partial charge is 0.454 e. The average molecular weight is 363 g/mol. The van der Waals surface area contributed by atoms with Crippen molar-refractivity contribution in [1.82, 2.24) is 4.98 Å². The zero-order valence-electron chi connectivity index (χ0n) is 13.3. The van der Waals surface area contributed by atoms with E-state index in [0.29, 0.717) is 30.4 Å². The summed E-state index contributed by atoms with van der Waals surface area (Å²) in [6.07, 6.45) is 1.51. The number of ether oxygens (including phenoxy) is 3. The lowest BCUT2D eigenvalue weighted by atomic mass is 10.3. The quantitative estimate of drug-likeness (QED) is 0.879. The van der Waals surface area contributed by atoms with Crippen LogP contribution in [0, 0.1) is 0 Å². The van der Waals surface area contributed by atoms with Gasteiger partial charge in [0.15, 0.2) is 11.5 Å². The van der Waals surface area contributed by atoms with E-state index in [1.165, 1.54) is 18.3 Å². The highest BCUT2D eigenvalue weighted by molar-refractivity contribution is 7.92. The van der Waals surface area contributed by atoms with Gasteiger partial charge in [-0.2, -0.15) is 0 Å². The summed E-state index contributed by atoms with van der Waals surface area (Å²) in [4.78, 5) is 6.54. The molecule has 1 aromatic heterocycles. The minimum absolute atomic E-state index is 0.0964. The molecule has 0 spiro atoms. The molecule has 0 saturated carbocycles. The van der Waals surface area contributed by atoms with Gasteiger partial charge in [-0.3, -0.25) is 4.72 Å². The van der Waals surface area contributed by atoms with E-state index in [-0.39, 0.29) is 11.7 Å². The molecule has 3 heterocycles. The highest BCUT2D eigenvalue weighted by Crippen LogP contribution is 2.34. The van der Waals surface area contributed by atoms with Crippen molar-refractivity contribution in [2.24, 2.45) is 0 Å².